The molecule has 1 saturated heterocycles. The van der Waals surface area contributed by atoms with Gasteiger partial charge in [-0.05, 0) is 37.4 Å². The normalized spacial score (nSPS) is 18.0. The summed E-state index contributed by atoms with van der Waals surface area (Å²) < 4.78 is 0. The second-order valence-electron chi connectivity index (χ2n) is 13.5. The monoisotopic (exact) mass is 754 g/mol. The molecule has 8 bridgehead atoms. The highest BCUT2D eigenvalue weighted by atomic mass is 15.2. The zero-order valence-corrected chi connectivity index (χ0v) is 32.8. The Morgan fingerprint density at radius 1 is 0.536 bits per heavy atom. The first-order chi connectivity index (χ1) is 27.5. The molecule has 0 amide bonds. The summed E-state index contributed by atoms with van der Waals surface area (Å²) in [5, 5.41) is 51.1. The summed E-state index contributed by atoms with van der Waals surface area (Å²) in [5.41, 5.74) is 2.37. The van der Waals surface area contributed by atoms with Crippen LogP contribution < -0.4 is 21.3 Å². The van der Waals surface area contributed by atoms with Gasteiger partial charge in [0.15, 0.2) is 46.7 Å². The Hall–Kier alpha value is -6.34. The Morgan fingerprint density at radius 3 is 1.54 bits per heavy atom. The smallest absolute Gasteiger partial charge is 0.181 e. The average molecular weight is 755 g/mol. The van der Waals surface area contributed by atoms with Gasteiger partial charge < -0.3 is 21.3 Å². The van der Waals surface area contributed by atoms with Gasteiger partial charge >= 0.3 is 0 Å². The molecule has 0 spiro atoms. The van der Waals surface area contributed by atoms with Crippen LogP contribution in [0.2, 0.25) is 0 Å². The van der Waals surface area contributed by atoms with Crippen LogP contribution in [0.25, 0.3) is 0 Å². The van der Waals surface area contributed by atoms with Crippen LogP contribution in [-0.4, -0.2) is 84.5 Å². The molecule has 5 aliphatic rings. The summed E-state index contributed by atoms with van der Waals surface area (Å²) in [4.78, 5) is 38.4. The van der Waals surface area contributed by atoms with Crippen LogP contribution in [0.1, 0.15) is 105 Å². The molecule has 0 unspecified atom stereocenters. The molecule has 5 heterocycles. The number of hydrogen-bond donors (Lipinski definition) is 6. The highest BCUT2D eigenvalue weighted by Gasteiger charge is 2.36. The van der Waals surface area contributed by atoms with Gasteiger partial charge in [0.25, 0.3) is 0 Å². The lowest BCUT2D eigenvalue weighted by molar-refractivity contribution is 0.670. The zero-order chi connectivity index (χ0) is 39.9. The average Bonchev–Trinajstić information content (AvgIpc) is 3.91. The minimum Gasteiger partial charge on any atom is -0.381 e. The first-order valence-corrected chi connectivity index (χ1v) is 19.8. The molecule has 0 aromatic rings. The topological polar surface area (TPSA) is 242 Å². The predicted octanol–water partition coefficient (Wildman–Crippen LogP) is 5.48. The molecule has 0 aliphatic carbocycles. The van der Waals surface area contributed by atoms with Gasteiger partial charge in [0.05, 0.1) is 0 Å². The van der Waals surface area contributed by atoms with E-state index in [2.05, 4.69) is 72.8 Å². The van der Waals surface area contributed by atoms with Crippen LogP contribution in [0.15, 0.2) is 85.1 Å². The van der Waals surface area contributed by atoms with Crippen LogP contribution in [0.3, 0.4) is 0 Å². The van der Waals surface area contributed by atoms with Crippen molar-refractivity contribution < 1.29 is 0 Å². The Morgan fingerprint density at radius 2 is 1.00 bits per heavy atom. The van der Waals surface area contributed by atoms with Gasteiger partial charge in [0.2, 0.25) is 0 Å². The lowest BCUT2D eigenvalue weighted by Crippen LogP contribution is -2.27. The minimum absolute atomic E-state index is 0.0653. The van der Waals surface area contributed by atoms with Crippen LogP contribution >= 0.6 is 0 Å². The summed E-state index contributed by atoms with van der Waals surface area (Å²) in [5.74, 6) is 6.21. The number of fused-ring (bicyclic) bond motifs is 5. The van der Waals surface area contributed by atoms with Crippen molar-refractivity contribution in [1.82, 2.24) is 21.3 Å². The molecule has 56 heavy (non-hydrogen) atoms. The van der Waals surface area contributed by atoms with Gasteiger partial charge in [-0.15, -0.1) is 0 Å². The molecule has 6 N–H and O–H groups in total. The lowest BCUT2D eigenvalue weighted by atomic mass is 10.1. The highest BCUT2D eigenvalue weighted by molar-refractivity contribution is 6.64. The molecule has 0 radical (unpaired) electrons. The molecule has 290 valence electrons. The van der Waals surface area contributed by atoms with Gasteiger partial charge in [-0.1, -0.05) is 79.1 Å². The fraction of sp³-hybridized carbons (Fsp3) is 0.500. The fourth-order valence-corrected chi connectivity index (χ4v) is 6.26. The molecular weight excluding hydrogens is 705 g/mol. The van der Waals surface area contributed by atoms with E-state index in [0.29, 0.717) is 49.0 Å². The number of amidine groups is 7. The second-order valence-corrected chi connectivity index (χ2v) is 13.5. The maximum absolute atomic E-state index is 10.5. The number of aliphatic imine (C=N–C) groups is 8. The maximum atomic E-state index is 10.5. The molecule has 5 rings (SSSR count). The molecule has 0 atom stereocenters. The van der Waals surface area contributed by atoms with E-state index in [0.717, 1.165) is 77.0 Å². The van der Waals surface area contributed by atoms with E-state index < -0.39 is 0 Å². The Kier molecular flexibility index (Phi) is 14.9. The largest absolute Gasteiger partial charge is 0.381 e. The first kappa shape index (κ1) is 40.8. The third-order valence-corrected chi connectivity index (χ3v) is 9.27. The van der Waals surface area contributed by atoms with Crippen molar-refractivity contribution in [3.8, 4) is 12.1 Å². The fourth-order valence-electron chi connectivity index (χ4n) is 6.26. The van der Waals surface area contributed by atoms with E-state index in [1.165, 1.54) is 0 Å². The number of nitriles is 2. The van der Waals surface area contributed by atoms with Gasteiger partial charge in [-0.3, -0.25) is 15.8 Å². The van der Waals surface area contributed by atoms with Crippen molar-refractivity contribution in [2.45, 2.75) is 105 Å². The van der Waals surface area contributed by atoms with Gasteiger partial charge in [0.1, 0.15) is 57.2 Å². The molecule has 16 nitrogen and oxygen atoms in total. The van der Waals surface area contributed by atoms with Crippen molar-refractivity contribution in [2.24, 2.45) is 39.9 Å². The minimum atomic E-state index is 0.0653. The second kappa shape index (κ2) is 20.4. The SMILES string of the molecule is CCCCCN=C1C(=C=N)C2=NC3=NC(=NC4=NC(=NC5=C(NCCCCC)C(=C=N)C(=N5)N=C1N2)C(C#N)=C4NCCCCC)C(C#N)=C3NCCCCC. The van der Waals surface area contributed by atoms with E-state index in [9.17, 15) is 10.5 Å². The van der Waals surface area contributed by atoms with E-state index in [1.807, 2.05) is 0 Å². The molecule has 0 aromatic heterocycles. The molecule has 0 aromatic carbocycles. The summed E-state index contributed by atoms with van der Waals surface area (Å²) in [6.45, 7) is 10.6. The Balaban J connectivity index is 1.78. The van der Waals surface area contributed by atoms with Gasteiger partial charge in [-0.25, -0.2) is 34.9 Å². The highest BCUT2D eigenvalue weighted by Crippen LogP contribution is 2.28. The van der Waals surface area contributed by atoms with E-state index in [1.54, 1.807) is 0 Å². The van der Waals surface area contributed by atoms with Gasteiger partial charge in [0, 0.05) is 26.2 Å². The summed E-state index contributed by atoms with van der Waals surface area (Å²) in [7, 11) is 0. The molecular formula is C40H50N16. The number of nitrogens with zero attached hydrogens (tertiary/aromatic N) is 10. The Bertz CT molecular complexity index is 2120. The predicted molar refractivity (Wildman–Crippen MR) is 224 cm³/mol. The Labute approximate surface area is 328 Å². The summed E-state index contributed by atoms with van der Waals surface area (Å²) >= 11 is 0. The summed E-state index contributed by atoms with van der Waals surface area (Å²) in [6.07, 6.45) is 11.4. The third-order valence-electron chi connectivity index (χ3n) is 9.27. The van der Waals surface area contributed by atoms with Crippen molar-refractivity contribution in [1.29, 1.82) is 21.3 Å². The van der Waals surface area contributed by atoms with E-state index in [4.69, 9.17) is 50.8 Å². The van der Waals surface area contributed by atoms with E-state index >= 15 is 0 Å². The van der Waals surface area contributed by atoms with Crippen LogP contribution in [0, 0.1) is 33.5 Å². The zero-order valence-electron chi connectivity index (χ0n) is 32.8. The van der Waals surface area contributed by atoms with E-state index in [-0.39, 0.29) is 69.0 Å². The van der Waals surface area contributed by atoms with Crippen LogP contribution in [0.4, 0.5) is 0 Å². The number of nitrogens with one attached hydrogen (secondary N) is 6. The van der Waals surface area contributed by atoms with Crippen molar-refractivity contribution in [3.63, 3.8) is 0 Å². The molecule has 0 saturated carbocycles. The maximum Gasteiger partial charge on any atom is 0.181 e. The molecule has 1 fully saturated rings. The number of hydrogen-bond acceptors (Lipinski definition) is 16. The van der Waals surface area contributed by atoms with Crippen LogP contribution in [0.5, 0.6) is 0 Å². The van der Waals surface area contributed by atoms with Crippen molar-refractivity contribution in [2.75, 3.05) is 26.2 Å². The van der Waals surface area contributed by atoms with Crippen molar-refractivity contribution in [3.05, 3.63) is 45.2 Å². The van der Waals surface area contributed by atoms with Crippen LogP contribution in [-0.2, 0) is 0 Å². The molecule has 16 heteroatoms. The first-order valence-electron chi connectivity index (χ1n) is 19.8. The molecule has 5 aliphatic heterocycles. The standard InChI is InChI=1S/C40H50N16/c1-5-9-13-17-45-29-25(21-41)33-49-37(29)53-34-26(22-42)30(46-18-14-10-6-2)39(50-34)55-36-28(24-44)32(48-20-16-12-8-4)40(52-36)56-35-27(23-43)31(38(51-35)54-33)47-19-15-11-7-3/h41-42,46-48H,5-20H2,1-4H3,(H,49,50,51,52,53,54,55,56). The summed E-state index contributed by atoms with van der Waals surface area (Å²) in [6, 6.07) is 4.53. The number of rotatable bonds is 19. The third kappa shape index (κ3) is 9.29. The number of unbranched alkanes of at least 4 members (excludes halogenated alkanes) is 8. The van der Waals surface area contributed by atoms with Crippen molar-refractivity contribution >= 4 is 58.3 Å². The van der Waals surface area contributed by atoms with Gasteiger partial charge in [-0.2, -0.15) is 10.5 Å². The lowest BCUT2D eigenvalue weighted by Gasteiger charge is -2.09. The quantitative estimate of drug-likeness (QED) is 0.0736.